The molecule has 0 spiro atoms. The van der Waals surface area contributed by atoms with Gasteiger partial charge in [-0.2, -0.15) is 0 Å². The Labute approximate surface area is 166 Å². The van der Waals surface area contributed by atoms with E-state index in [1.165, 1.54) is 23.7 Å². The molecule has 0 radical (unpaired) electrons. The van der Waals surface area contributed by atoms with Crippen LogP contribution in [0.15, 0.2) is 24.5 Å². The second kappa shape index (κ2) is 7.76. The molecule has 9 heteroatoms. The lowest BCUT2D eigenvalue weighted by molar-refractivity contribution is 0.0952. The van der Waals surface area contributed by atoms with Crippen molar-refractivity contribution in [2.24, 2.45) is 0 Å². The molecule has 7 nitrogen and oxygen atoms in total. The smallest absolute Gasteiger partial charge is 0.280 e. The maximum Gasteiger partial charge on any atom is 0.280 e. The third-order valence-electron chi connectivity index (χ3n) is 4.64. The van der Waals surface area contributed by atoms with Gasteiger partial charge in [0.05, 0.1) is 5.69 Å². The third kappa shape index (κ3) is 3.55. The molecule has 28 heavy (non-hydrogen) atoms. The summed E-state index contributed by atoms with van der Waals surface area (Å²) in [5, 5.41) is 3.23. The lowest BCUT2D eigenvalue weighted by atomic mass is 10.1. The summed E-state index contributed by atoms with van der Waals surface area (Å²) in [7, 11) is 3.99. The van der Waals surface area contributed by atoms with E-state index in [0.29, 0.717) is 39.9 Å². The third-order valence-corrected chi connectivity index (χ3v) is 5.60. The number of nitrogens with one attached hydrogen (secondary N) is 1. The normalized spacial score (nSPS) is 13.4. The number of carbonyl (C=O) groups excluding carboxylic acids is 1. The van der Waals surface area contributed by atoms with Crippen molar-refractivity contribution < 1.29 is 9.18 Å². The molecule has 1 aliphatic heterocycles. The summed E-state index contributed by atoms with van der Waals surface area (Å²) in [6.07, 6.45) is 3.04. The Morgan fingerprint density at radius 2 is 2.21 bits per heavy atom. The molecular weight excluding hydrogens is 379 g/mol. The number of aromatic nitrogens is 3. The molecule has 1 aliphatic rings. The number of halogens is 1. The van der Waals surface area contributed by atoms with Gasteiger partial charge in [0.25, 0.3) is 5.91 Å². The van der Waals surface area contributed by atoms with E-state index in [1.54, 1.807) is 6.07 Å². The number of rotatable bonds is 6. The minimum atomic E-state index is -0.282. The molecule has 0 saturated heterocycles. The maximum absolute atomic E-state index is 14.4. The van der Waals surface area contributed by atoms with Gasteiger partial charge in [0.1, 0.15) is 22.5 Å². The van der Waals surface area contributed by atoms with E-state index < -0.39 is 0 Å². The molecule has 3 heterocycles. The van der Waals surface area contributed by atoms with Gasteiger partial charge in [0.2, 0.25) is 0 Å². The van der Waals surface area contributed by atoms with Crippen molar-refractivity contribution in [3.63, 3.8) is 0 Å². The zero-order valence-corrected chi connectivity index (χ0v) is 16.6. The summed E-state index contributed by atoms with van der Waals surface area (Å²) in [5.74, 6) is 0.0355. The Kier molecular flexibility index (Phi) is 5.19. The largest absolute Gasteiger partial charge is 0.350 e. The van der Waals surface area contributed by atoms with Crippen LogP contribution in [0.4, 0.5) is 15.9 Å². The number of hydrogen-bond donors (Lipinski definition) is 1. The second-order valence-corrected chi connectivity index (χ2v) is 7.91. The van der Waals surface area contributed by atoms with Crippen molar-refractivity contribution in [2.75, 3.05) is 38.6 Å². The van der Waals surface area contributed by atoms with Gasteiger partial charge in [-0.05, 0) is 45.1 Å². The first-order valence-corrected chi connectivity index (χ1v) is 9.95. The summed E-state index contributed by atoms with van der Waals surface area (Å²) in [5.41, 5.74) is 2.01. The molecule has 4 rings (SSSR count). The van der Waals surface area contributed by atoms with Crippen LogP contribution >= 0.6 is 11.3 Å². The number of thiazole rings is 1. The molecular formula is C19H21FN6OS. The number of hydrogen-bond acceptors (Lipinski definition) is 7. The van der Waals surface area contributed by atoms with Crippen molar-refractivity contribution in [3.05, 3.63) is 40.9 Å². The van der Waals surface area contributed by atoms with Crippen LogP contribution in [0.1, 0.15) is 21.8 Å². The van der Waals surface area contributed by atoms with Gasteiger partial charge in [-0.3, -0.25) is 4.79 Å². The molecule has 1 N–H and O–H groups in total. The van der Waals surface area contributed by atoms with Gasteiger partial charge >= 0.3 is 0 Å². The minimum absolute atomic E-state index is 0.222. The lowest BCUT2D eigenvalue weighted by Gasteiger charge is -2.18. The van der Waals surface area contributed by atoms with Crippen LogP contribution in [0.5, 0.6) is 0 Å². The van der Waals surface area contributed by atoms with Crippen molar-refractivity contribution in [1.82, 2.24) is 25.2 Å². The number of carbonyl (C=O) groups is 1. The zero-order chi connectivity index (χ0) is 19.7. The molecule has 2 aromatic heterocycles. The number of para-hydroxylation sites is 1. The van der Waals surface area contributed by atoms with E-state index in [-0.39, 0.29) is 11.7 Å². The number of nitrogens with zero attached hydrogens (tertiary/aromatic N) is 5. The Morgan fingerprint density at radius 1 is 1.36 bits per heavy atom. The highest BCUT2D eigenvalue weighted by molar-refractivity contribution is 7.19. The van der Waals surface area contributed by atoms with Gasteiger partial charge in [-0.15, -0.1) is 0 Å². The standard InChI is InChI=1S/C19H21FN6OS/c1-25(2)9-4-8-21-17(27)19-24-14-16(22-11-23-18(14)28-19)26-10-7-12-5-3-6-13(20)15(12)26/h3,5-6,11H,4,7-10H2,1-2H3,(H,21,27). The summed E-state index contributed by atoms with van der Waals surface area (Å²) in [4.78, 5) is 30.0. The van der Waals surface area contributed by atoms with Crippen molar-refractivity contribution in [1.29, 1.82) is 0 Å². The fourth-order valence-electron chi connectivity index (χ4n) is 3.33. The summed E-state index contributed by atoms with van der Waals surface area (Å²) in [6, 6.07) is 5.09. The fourth-order valence-corrected chi connectivity index (χ4v) is 4.15. The van der Waals surface area contributed by atoms with Crippen molar-refractivity contribution in [3.8, 4) is 0 Å². The van der Waals surface area contributed by atoms with Crippen LogP contribution in [0.2, 0.25) is 0 Å². The Hall–Kier alpha value is -2.65. The second-order valence-electron chi connectivity index (χ2n) is 6.93. The average molecular weight is 400 g/mol. The summed E-state index contributed by atoms with van der Waals surface area (Å²) < 4.78 is 14.4. The summed E-state index contributed by atoms with van der Waals surface area (Å²) in [6.45, 7) is 2.10. The van der Waals surface area contributed by atoms with E-state index in [9.17, 15) is 9.18 Å². The van der Waals surface area contributed by atoms with Crippen LogP contribution in [0, 0.1) is 5.82 Å². The monoisotopic (exact) mass is 400 g/mol. The highest BCUT2D eigenvalue weighted by atomic mass is 32.1. The zero-order valence-electron chi connectivity index (χ0n) is 15.8. The van der Waals surface area contributed by atoms with Crippen LogP contribution in [-0.2, 0) is 6.42 Å². The fraction of sp³-hybridized carbons (Fsp3) is 0.368. The van der Waals surface area contributed by atoms with Crippen molar-refractivity contribution in [2.45, 2.75) is 12.8 Å². The van der Waals surface area contributed by atoms with Gasteiger partial charge in [-0.25, -0.2) is 19.3 Å². The van der Waals surface area contributed by atoms with E-state index in [0.717, 1.165) is 24.9 Å². The number of anilines is 2. The first-order chi connectivity index (χ1) is 13.5. The predicted molar refractivity (Wildman–Crippen MR) is 108 cm³/mol. The van der Waals surface area contributed by atoms with Crippen LogP contribution in [0.25, 0.3) is 10.3 Å². The highest BCUT2D eigenvalue weighted by Gasteiger charge is 2.28. The molecule has 0 bridgehead atoms. The maximum atomic E-state index is 14.4. The average Bonchev–Trinajstić information content (AvgIpc) is 3.29. The molecule has 0 fully saturated rings. The first kappa shape index (κ1) is 18.7. The van der Waals surface area contributed by atoms with Gasteiger partial charge in [-0.1, -0.05) is 23.5 Å². The quantitative estimate of drug-likeness (QED) is 0.641. The lowest BCUT2D eigenvalue weighted by Crippen LogP contribution is -2.27. The van der Waals surface area contributed by atoms with Crippen LogP contribution in [0.3, 0.4) is 0 Å². The molecule has 1 aromatic carbocycles. The molecule has 0 unspecified atom stereocenters. The van der Waals surface area contributed by atoms with E-state index >= 15 is 0 Å². The van der Waals surface area contributed by atoms with E-state index in [2.05, 4.69) is 25.2 Å². The predicted octanol–water partition coefficient (Wildman–Crippen LogP) is 2.60. The Bertz CT molecular complexity index is 1020. The van der Waals surface area contributed by atoms with Gasteiger partial charge in [0, 0.05) is 13.1 Å². The van der Waals surface area contributed by atoms with Crippen LogP contribution < -0.4 is 10.2 Å². The Morgan fingerprint density at radius 3 is 3.04 bits per heavy atom. The number of fused-ring (bicyclic) bond motifs is 2. The minimum Gasteiger partial charge on any atom is -0.350 e. The highest BCUT2D eigenvalue weighted by Crippen LogP contribution is 2.38. The topological polar surface area (TPSA) is 74.2 Å². The number of amides is 1. The molecule has 0 atom stereocenters. The molecule has 3 aromatic rings. The van der Waals surface area contributed by atoms with Gasteiger partial charge < -0.3 is 15.1 Å². The van der Waals surface area contributed by atoms with E-state index in [4.69, 9.17) is 0 Å². The molecule has 0 aliphatic carbocycles. The molecule has 146 valence electrons. The van der Waals surface area contributed by atoms with Crippen molar-refractivity contribution >= 4 is 39.1 Å². The van der Waals surface area contributed by atoms with Crippen LogP contribution in [-0.4, -0.2) is 59.5 Å². The number of benzene rings is 1. The van der Waals surface area contributed by atoms with Gasteiger partial charge in [0.15, 0.2) is 10.8 Å². The van der Waals surface area contributed by atoms with E-state index in [1.807, 2.05) is 25.1 Å². The molecule has 0 saturated carbocycles. The first-order valence-electron chi connectivity index (χ1n) is 9.14. The molecule has 1 amide bonds. The summed E-state index contributed by atoms with van der Waals surface area (Å²) >= 11 is 1.22. The SMILES string of the molecule is CN(C)CCCNC(=O)c1nc2c(N3CCc4cccc(F)c43)ncnc2s1. The Balaban J connectivity index is 1.60.